The minimum absolute atomic E-state index is 0.0271. The zero-order valence-corrected chi connectivity index (χ0v) is 10.3. The maximum Gasteiger partial charge on any atom is 0.329 e. The van der Waals surface area contributed by atoms with Crippen LogP contribution in [0.2, 0.25) is 0 Å². The molecule has 1 aliphatic heterocycles. The maximum atomic E-state index is 11.1. The van der Waals surface area contributed by atoms with E-state index in [0.717, 1.165) is 12.8 Å². The molecule has 1 saturated heterocycles. The van der Waals surface area contributed by atoms with Crippen molar-refractivity contribution >= 4 is 11.5 Å². The SMILES string of the molecule is N#Cc1ccnc(N2CCC(CO)CC2)c1[N+](=O)[O-]. The van der Waals surface area contributed by atoms with Gasteiger partial charge in [0.1, 0.15) is 11.6 Å². The number of aromatic nitrogens is 1. The molecule has 2 heterocycles. The summed E-state index contributed by atoms with van der Waals surface area (Å²) < 4.78 is 0. The number of pyridine rings is 1. The van der Waals surface area contributed by atoms with Crippen LogP contribution in [0.15, 0.2) is 12.3 Å². The molecule has 1 aromatic rings. The second-order valence-electron chi connectivity index (χ2n) is 4.51. The van der Waals surface area contributed by atoms with Crippen LogP contribution < -0.4 is 4.90 Å². The van der Waals surface area contributed by atoms with E-state index >= 15 is 0 Å². The molecule has 0 bridgehead atoms. The van der Waals surface area contributed by atoms with Gasteiger partial charge in [-0.25, -0.2) is 4.98 Å². The summed E-state index contributed by atoms with van der Waals surface area (Å²) in [6.45, 7) is 1.35. The highest BCUT2D eigenvalue weighted by Crippen LogP contribution is 2.31. The molecule has 1 fully saturated rings. The Labute approximate surface area is 110 Å². The van der Waals surface area contributed by atoms with Gasteiger partial charge in [0.05, 0.1) is 4.92 Å². The van der Waals surface area contributed by atoms with Crippen LogP contribution in [0.5, 0.6) is 0 Å². The lowest BCUT2D eigenvalue weighted by Crippen LogP contribution is -2.35. The Bertz CT molecular complexity index is 518. The second-order valence-corrected chi connectivity index (χ2v) is 4.51. The van der Waals surface area contributed by atoms with E-state index in [2.05, 4.69) is 4.98 Å². The molecule has 0 aromatic carbocycles. The summed E-state index contributed by atoms with van der Waals surface area (Å²) in [5, 5.41) is 29.1. The summed E-state index contributed by atoms with van der Waals surface area (Å²) in [7, 11) is 0. The van der Waals surface area contributed by atoms with Crippen LogP contribution in [-0.2, 0) is 0 Å². The number of aliphatic hydroxyl groups is 1. The molecule has 1 N–H and O–H groups in total. The van der Waals surface area contributed by atoms with Gasteiger partial charge in [0.2, 0.25) is 5.82 Å². The van der Waals surface area contributed by atoms with Crippen molar-refractivity contribution in [1.82, 2.24) is 4.98 Å². The first-order chi connectivity index (χ1) is 9.17. The van der Waals surface area contributed by atoms with Crippen LogP contribution in [0.25, 0.3) is 0 Å². The Kier molecular flexibility index (Phi) is 3.92. The van der Waals surface area contributed by atoms with Crippen molar-refractivity contribution < 1.29 is 10.0 Å². The Balaban J connectivity index is 2.31. The van der Waals surface area contributed by atoms with E-state index in [1.807, 2.05) is 11.0 Å². The highest BCUT2D eigenvalue weighted by Gasteiger charge is 2.28. The van der Waals surface area contributed by atoms with Gasteiger partial charge in [-0.3, -0.25) is 10.1 Å². The van der Waals surface area contributed by atoms with E-state index in [4.69, 9.17) is 10.4 Å². The largest absolute Gasteiger partial charge is 0.396 e. The molecule has 0 saturated carbocycles. The van der Waals surface area contributed by atoms with Crippen molar-refractivity contribution in [2.75, 3.05) is 24.6 Å². The fourth-order valence-electron chi connectivity index (χ4n) is 2.27. The van der Waals surface area contributed by atoms with Crippen molar-refractivity contribution in [3.63, 3.8) is 0 Å². The van der Waals surface area contributed by atoms with Gasteiger partial charge in [0.25, 0.3) is 0 Å². The zero-order chi connectivity index (χ0) is 13.8. The number of piperidine rings is 1. The van der Waals surface area contributed by atoms with Crippen LogP contribution in [0.3, 0.4) is 0 Å². The predicted molar refractivity (Wildman–Crippen MR) is 67.6 cm³/mol. The molecule has 100 valence electrons. The molecule has 19 heavy (non-hydrogen) atoms. The zero-order valence-electron chi connectivity index (χ0n) is 10.3. The van der Waals surface area contributed by atoms with Crippen molar-refractivity contribution in [3.05, 3.63) is 27.9 Å². The average Bonchev–Trinajstić information content (AvgIpc) is 2.46. The summed E-state index contributed by atoms with van der Waals surface area (Å²) in [5.74, 6) is 0.495. The van der Waals surface area contributed by atoms with Crippen LogP contribution in [0.1, 0.15) is 18.4 Å². The molecule has 0 unspecified atom stereocenters. The molecule has 1 aliphatic rings. The standard InChI is InChI=1S/C12H14N4O3/c13-7-10-1-4-14-12(11(10)16(18)19)15-5-2-9(8-17)3-6-15/h1,4,9,17H,2-3,5-6,8H2. The van der Waals surface area contributed by atoms with Crippen LogP contribution in [0.4, 0.5) is 11.5 Å². The lowest BCUT2D eigenvalue weighted by molar-refractivity contribution is -0.384. The minimum Gasteiger partial charge on any atom is -0.396 e. The quantitative estimate of drug-likeness (QED) is 0.645. The highest BCUT2D eigenvalue weighted by atomic mass is 16.6. The van der Waals surface area contributed by atoms with Crippen molar-refractivity contribution in [2.45, 2.75) is 12.8 Å². The monoisotopic (exact) mass is 262 g/mol. The van der Waals surface area contributed by atoms with Gasteiger partial charge in [-0.05, 0) is 24.8 Å². The Morgan fingerprint density at radius 3 is 2.79 bits per heavy atom. The fourth-order valence-corrected chi connectivity index (χ4v) is 2.27. The van der Waals surface area contributed by atoms with Crippen molar-refractivity contribution in [3.8, 4) is 6.07 Å². The highest BCUT2D eigenvalue weighted by molar-refractivity contribution is 5.65. The molecule has 2 rings (SSSR count). The van der Waals surface area contributed by atoms with Crippen LogP contribution >= 0.6 is 0 Å². The Hall–Kier alpha value is -2.20. The number of nitrogens with zero attached hydrogens (tertiary/aromatic N) is 4. The van der Waals surface area contributed by atoms with Gasteiger partial charge in [-0.1, -0.05) is 0 Å². The van der Waals surface area contributed by atoms with Gasteiger partial charge in [-0.15, -0.1) is 0 Å². The molecule has 0 amide bonds. The molecule has 7 nitrogen and oxygen atoms in total. The lowest BCUT2D eigenvalue weighted by Gasteiger charge is -2.31. The number of nitriles is 1. The summed E-state index contributed by atoms with van der Waals surface area (Å²) in [6, 6.07) is 3.18. The van der Waals surface area contributed by atoms with Crippen molar-refractivity contribution in [2.24, 2.45) is 5.92 Å². The first-order valence-electron chi connectivity index (χ1n) is 6.06. The number of nitro groups is 1. The summed E-state index contributed by atoms with van der Waals surface area (Å²) in [5.41, 5.74) is -0.202. The van der Waals surface area contributed by atoms with E-state index in [9.17, 15) is 10.1 Å². The average molecular weight is 262 g/mol. The Morgan fingerprint density at radius 1 is 1.58 bits per heavy atom. The number of aliphatic hydroxyl groups excluding tert-OH is 1. The molecule has 7 heteroatoms. The first kappa shape index (κ1) is 13.2. The third-order valence-corrected chi connectivity index (χ3v) is 3.38. The molecule has 0 atom stereocenters. The molecule has 0 radical (unpaired) electrons. The first-order valence-corrected chi connectivity index (χ1v) is 6.06. The Morgan fingerprint density at radius 2 is 2.26 bits per heavy atom. The van der Waals surface area contributed by atoms with Gasteiger partial charge < -0.3 is 10.0 Å². The maximum absolute atomic E-state index is 11.1. The fraction of sp³-hybridized carbons (Fsp3) is 0.500. The van der Waals surface area contributed by atoms with Crippen LogP contribution in [-0.4, -0.2) is 34.7 Å². The molecule has 0 aliphatic carbocycles. The van der Waals surface area contributed by atoms with E-state index in [1.54, 1.807) is 0 Å². The number of hydrogen-bond acceptors (Lipinski definition) is 6. The van der Waals surface area contributed by atoms with E-state index in [1.165, 1.54) is 12.3 Å². The molecular weight excluding hydrogens is 248 g/mol. The van der Waals surface area contributed by atoms with E-state index in [-0.39, 0.29) is 29.6 Å². The third kappa shape index (κ3) is 2.63. The normalized spacial score (nSPS) is 16.1. The topological polar surface area (TPSA) is 103 Å². The predicted octanol–water partition coefficient (Wildman–Crippen LogP) is 1.07. The van der Waals surface area contributed by atoms with Gasteiger partial charge >= 0.3 is 5.69 Å². The van der Waals surface area contributed by atoms with Gasteiger partial charge in [0.15, 0.2) is 0 Å². The summed E-state index contributed by atoms with van der Waals surface area (Å²) >= 11 is 0. The van der Waals surface area contributed by atoms with Gasteiger partial charge in [-0.2, -0.15) is 5.26 Å². The number of rotatable bonds is 3. The number of anilines is 1. The van der Waals surface area contributed by atoms with Crippen LogP contribution in [0, 0.1) is 27.4 Å². The van der Waals surface area contributed by atoms with E-state index < -0.39 is 4.92 Å². The van der Waals surface area contributed by atoms with E-state index in [0.29, 0.717) is 13.1 Å². The second kappa shape index (κ2) is 5.63. The molecule has 1 aromatic heterocycles. The third-order valence-electron chi connectivity index (χ3n) is 3.38. The molecule has 0 spiro atoms. The minimum atomic E-state index is -0.557. The smallest absolute Gasteiger partial charge is 0.329 e. The summed E-state index contributed by atoms with van der Waals surface area (Å²) in [4.78, 5) is 16.4. The number of hydrogen-bond donors (Lipinski definition) is 1. The molecular formula is C12H14N4O3. The van der Waals surface area contributed by atoms with Gasteiger partial charge in [0, 0.05) is 25.9 Å². The van der Waals surface area contributed by atoms with Crippen molar-refractivity contribution in [1.29, 1.82) is 5.26 Å². The summed E-state index contributed by atoms with van der Waals surface area (Å²) in [6.07, 6.45) is 2.96. The lowest BCUT2D eigenvalue weighted by atomic mass is 9.98.